The number of carboxylic acids is 1. The van der Waals surface area contributed by atoms with Crippen LogP contribution in [0.1, 0.15) is 12.0 Å². The van der Waals surface area contributed by atoms with Crippen LogP contribution in [0.25, 0.3) is 0 Å². The van der Waals surface area contributed by atoms with Gasteiger partial charge in [0.2, 0.25) is 0 Å². The van der Waals surface area contributed by atoms with Gasteiger partial charge in [0.1, 0.15) is 12.6 Å². The van der Waals surface area contributed by atoms with E-state index in [1.165, 1.54) is 0 Å². The number of nitrogens with zero attached hydrogens (tertiary/aromatic N) is 2. The molecule has 1 aromatic carbocycles. The fourth-order valence-corrected chi connectivity index (χ4v) is 4.56. The summed E-state index contributed by atoms with van der Waals surface area (Å²) >= 11 is 3.26. The molecule has 1 aliphatic heterocycles. The van der Waals surface area contributed by atoms with Crippen LogP contribution in [0.2, 0.25) is 0 Å². The number of rotatable bonds is 4. The van der Waals surface area contributed by atoms with Crippen LogP contribution in [-0.4, -0.2) is 43.6 Å². The van der Waals surface area contributed by atoms with E-state index in [-0.39, 0.29) is 24.1 Å². The van der Waals surface area contributed by atoms with Gasteiger partial charge in [-0.2, -0.15) is 5.26 Å². The molecule has 1 saturated heterocycles. The zero-order valence-corrected chi connectivity index (χ0v) is 13.4. The molecule has 1 fully saturated rings. The second-order valence-electron chi connectivity index (χ2n) is 4.85. The maximum absolute atomic E-state index is 11.6. The van der Waals surface area contributed by atoms with Crippen LogP contribution in [0.5, 0.6) is 0 Å². The number of nitriles is 1. The highest BCUT2D eigenvalue weighted by Gasteiger charge is 2.33. The number of sulfone groups is 1. The average molecular weight is 373 g/mol. The summed E-state index contributed by atoms with van der Waals surface area (Å²) in [6.45, 7) is -0.279. The van der Waals surface area contributed by atoms with Crippen molar-refractivity contribution in [3.05, 3.63) is 28.2 Å². The summed E-state index contributed by atoms with van der Waals surface area (Å²) in [6.07, 6.45) is 0.410. The zero-order valence-electron chi connectivity index (χ0n) is 11.0. The quantitative estimate of drug-likeness (QED) is 0.857. The summed E-state index contributed by atoms with van der Waals surface area (Å²) in [5.41, 5.74) is 1.03. The second-order valence-corrected chi connectivity index (χ2v) is 7.94. The molecule has 1 heterocycles. The number of hydrogen-bond acceptors (Lipinski definition) is 5. The molecule has 2 rings (SSSR count). The first kappa shape index (κ1) is 15.8. The number of carboxylic acid groups (broad SMARTS) is 1. The van der Waals surface area contributed by atoms with E-state index in [2.05, 4.69) is 15.9 Å². The predicted octanol–water partition coefficient (Wildman–Crippen LogP) is 1.40. The standard InChI is InChI=1S/C13H13BrN2O4S/c14-12-5-10(2-1-9(12)6-15)16(7-13(17)18)11-3-4-21(19,20)8-11/h1-2,5,11H,3-4,7-8H2,(H,17,18). The lowest BCUT2D eigenvalue weighted by Crippen LogP contribution is -2.40. The molecule has 0 amide bonds. The lowest BCUT2D eigenvalue weighted by atomic mass is 10.1. The van der Waals surface area contributed by atoms with Gasteiger partial charge in [0.15, 0.2) is 9.84 Å². The number of hydrogen-bond donors (Lipinski definition) is 1. The van der Waals surface area contributed by atoms with Crippen LogP contribution in [-0.2, 0) is 14.6 Å². The minimum atomic E-state index is -3.11. The molecule has 1 atom stereocenters. The largest absolute Gasteiger partial charge is 0.480 e. The number of halogens is 1. The Labute approximate surface area is 131 Å². The van der Waals surface area contributed by atoms with Crippen molar-refractivity contribution in [3.8, 4) is 6.07 Å². The van der Waals surface area contributed by atoms with Gasteiger partial charge in [-0.1, -0.05) is 0 Å². The highest BCUT2D eigenvalue weighted by molar-refractivity contribution is 9.10. The molecule has 0 aromatic heterocycles. The Kier molecular flexibility index (Phi) is 4.54. The number of benzene rings is 1. The van der Waals surface area contributed by atoms with Gasteiger partial charge in [-0.25, -0.2) is 8.42 Å². The van der Waals surface area contributed by atoms with Gasteiger partial charge in [-0.15, -0.1) is 0 Å². The molecule has 6 nitrogen and oxygen atoms in total. The fraction of sp³-hybridized carbons (Fsp3) is 0.385. The van der Waals surface area contributed by atoms with Gasteiger partial charge in [-0.3, -0.25) is 4.79 Å². The van der Waals surface area contributed by atoms with E-state index >= 15 is 0 Å². The van der Waals surface area contributed by atoms with Crippen molar-refractivity contribution in [1.29, 1.82) is 5.26 Å². The van der Waals surface area contributed by atoms with E-state index in [1.54, 1.807) is 23.1 Å². The third kappa shape index (κ3) is 3.74. The molecular formula is C13H13BrN2O4S. The van der Waals surface area contributed by atoms with Gasteiger partial charge in [-0.05, 0) is 40.5 Å². The summed E-state index contributed by atoms with van der Waals surface area (Å²) < 4.78 is 23.8. The minimum absolute atomic E-state index is 0.0437. The minimum Gasteiger partial charge on any atom is -0.480 e. The lowest BCUT2D eigenvalue weighted by molar-refractivity contribution is -0.135. The van der Waals surface area contributed by atoms with E-state index in [9.17, 15) is 13.2 Å². The Morgan fingerprint density at radius 2 is 2.24 bits per heavy atom. The normalized spacial score (nSPS) is 19.9. The van der Waals surface area contributed by atoms with Gasteiger partial charge in [0.05, 0.1) is 17.1 Å². The Bertz CT molecular complexity index is 711. The Hall–Kier alpha value is -1.59. The van der Waals surface area contributed by atoms with E-state index < -0.39 is 15.8 Å². The first-order valence-electron chi connectivity index (χ1n) is 6.21. The third-order valence-electron chi connectivity index (χ3n) is 3.36. The molecule has 0 spiro atoms. The SMILES string of the molecule is N#Cc1ccc(N(CC(=O)O)C2CCS(=O)(=O)C2)cc1Br. The predicted molar refractivity (Wildman–Crippen MR) is 80.9 cm³/mol. The molecule has 0 bridgehead atoms. The van der Waals surface area contributed by atoms with Crippen LogP contribution in [0.3, 0.4) is 0 Å². The molecule has 21 heavy (non-hydrogen) atoms. The molecule has 0 radical (unpaired) electrons. The van der Waals surface area contributed by atoms with E-state index in [0.29, 0.717) is 22.1 Å². The van der Waals surface area contributed by atoms with Crippen molar-refractivity contribution < 1.29 is 18.3 Å². The van der Waals surface area contributed by atoms with Gasteiger partial charge >= 0.3 is 5.97 Å². The summed E-state index contributed by atoms with van der Waals surface area (Å²) in [7, 11) is -3.11. The lowest BCUT2D eigenvalue weighted by Gasteiger charge is -2.29. The Morgan fingerprint density at radius 3 is 2.71 bits per heavy atom. The zero-order chi connectivity index (χ0) is 15.6. The van der Waals surface area contributed by atoms with Crippen molar-refractivity contribution in [2.24, 2.45) is 0 Å². The van der Waals surface area contributed by atoms with E-state index in [1.807, 2.05) is 6.07 Å². The highest BCUT2D eigenvalue weighted by Crippen LogP contribution is 2.28. The molecule has 1 N–H and O–H groups in total. The monoisotopic (exact) mass is 372 g/mol. The topological polar surface area (TPSA) is 98.5 Å². The highest BCUT2D eigenvalue weighted by atomic mass is 79.9. The molecule has 0 aliphatic carbocycles. The molecule has 8 heteroatoms. The van der Waals surface area contributed by atoms with Gasteiger partial charge in [0.25, 0.3) is 0 Å². The molecule has 112 valence electrons. The van der Waals surface area contributed by atoms with E-state index in [4.69, 9.17) is 10.4 Å². The summed E-state index contributed by atoms with van der Waals surface area (Å²) in [6, 6.07) is 6.51. The first-order valence-corrected chi connectivity index (χ1v) is 8.82. The van der Waals surface area contributed by atoms with Gasteiger partial charge in [0, 0.05) is 16.2 Å². The number of carbonyl (C=O) groups is 1. The molecule has 1 unspecified atom stereocenters. The van der Waals surface area contributed by atoms with Crippen LogP contribution < -0.4 is 4.90 Å². The van der Waals surface area contributed by atoms with Crippen molar-refractivity contribution in [3.63, 3.8) is 0 Å². The number of anilines is 1. The van der Waals surface area contributed by atoms with Crippen LogP contribution in [0.4, 0.5) is 5.69 Å². The maximum Gasteiger partial charge on any atom is 0.323 e. The first-order chi connectivity index (χ1) is 9.82. The Morgan fingerprint density at radius 1 is 1.52 bits per heavy atom. The van der Waals surface area contributed by atoms with Crippen molar-refractivity contribution in [2.45, 2.75) is 12.5 Å². The molecule has 1 aliphatic rings. The Balaban J connectivity index is 2.35. The second kappa shape index (κ2) is 6.03. The van der Waals surface area contributed by atoms with Crippen LogP contribution in [0, 0.1) is 11.3 Å². The third-order valence-corrected chi connectivity index (χ3v) is 5.77. The summed E-state index contributed by atoms with van der Waals surface area (Å²) in [5.74, 6) is -0.997. The van der Waals surface area contributed by atoms with E-state index in [0.717, 1.165) is 0 Å². The average Bonchev–Trinajstić information content (AvgIpc) is 2.76. The maximum atomic E-state index is 11.6. The summed E-state index contributed by atoms with van der Waals surface area (Å²) in [4.78, 5) is 12.6. The van der Waals surface area contributed by atoms with Gasteiger partial charge < -0.3 is 10.0 Å². The van der Waals surface area contributed by atoms with Crippen LogP contribution >= 0.6 is 15.9 Å². The molecular weight excluding hydrogens is 360 g/mol. The number of aliphatic carboxylic acids is 1. The molecule has 1 aromatic rings. The smallest absolute Gasteiger partial charge is 0.323 e. The van der Waals surface area contributed by atoms with Crippen molar-refractivity contribution in [2.75, 3.05) is 23.0 Å². The summed E-state index contributed by atoms with van der Waals surface area (Å²) in [5, 5.41) is 18.0. The molecule has 0 saturated carbocycles. The van der Waals surface area contributed by atoms with Crippen molar-refractivity contribution >= 4 is 37.4 Å². The van der Waals surface area contributed by atoms with Crippen LogP contribution in [0.15, 0.2) is 22.7 Å². The fourth-order valence-electron chi connectivity index (χ4n) is 2.37. The van der Waals surface area contributed by atoms with Crippen molar-refractivity contribution in [1.82, 2.24) is 0 Å².